The van der Waals surface area contributed by atoms with E-state index in [4.69, 9.17) is 14.2 Å². The van der Waals surface area contributed by atoms with Crippen molar-refractivity contribution in [2.24, 2.45) is 0 Å². The molecule has 0 radical (unpaired) electrons. The quantitative estimate of drug-likeness (QED) is 0.705. The third-order valence-corrected chi connectivity index (χ3v) is 3.68. The summed E-state index contributed by atoms with van der Waals surface area (Å²) < 4.78 is 16.8. The molecule has 1 atom stereocenters. The first-order valence-corrected chi connectivity index (χ1v) is 8.70. The average molecular weight is 333 g/mol. The first-order chi connectivity index (χ1) is 11.7. The molecular formula is C19H27NO4. The van der Waals surface area contributed by atoms with Crippen molar-refractivity contribution < 1.29 is 19.0 Å². The van der Waals surface area contributed by atoms with Crippen molar-refractivity contribution in [2.45, 2.75) is 39.2 Å². The van der Waals surface area contributed by atoms with Crippen molar-refractivity contribution in [1.82, 2.24) is 5.32 Å². The Hall–Kier alpha value is -2.01. The molecule has 1 N–H and O–H groups in total. The number of ether oxygens (including phenoxy) is 3. The Kier molecular flexibility index (Phi) is 7.62. The molecule has 0 bridgehead atoms. The fraction of sp³-hybridized carbons (Fsp3) is 0.526. The predicted octanol–water partition coefficient (Wildman–Crippen LogP) is 3.18. The number of rotatable bonds is 9. The van der Waals surface area contributed by atoms with Crippen molar-refractivity contribution in [1.29, 1.82) is 0 Å². The van der Waals surface area contributed by atoms with E-state index in [1.807, 2.05) is 25.1 Å². The topological polar surface area (TPSA) is 56.8 Å². The molecule has 1 aromatic carbocycles. The molecule has 0 saturated carbocycles. The maximum absolute atomic E-state index is 11.9. The van der Waals surface area contributed by atoms with Crippen LogP contribution in [-0.2, 0) is 9.53 Å². The molecule has 0 spiro atoms. The van der Waals surface area contributed by atoms with Gasteiger partial charge in [0.1, 0.15) is 0 Å². The summed E-state index contributed by atoms with van der Waals surface area (Å²) in [7, 11) is 0. The fourth-order valence-corrected chi connectivity index (χ4v) is 2.48. The lowest BCUT2D eigenvalue weighted by molar-refractivity contribution is -0.116. The molecule has 0 aliphatic carbocycles. The minimum absolute atomic E-state index is 0.116. The van der Waals surface area contributed by atoms with Crippen LogP contribution in [0.3, 0.4) is 0 Å². The van der Waals surface area contributed by atoms with Crippen LogP contribution in [0.25, 0.3) is 6.08 Å². The highest BCUT2D eigenvalue weighted by Crippen LogP contribution is 2.29. The van der Waals surface area contributed by atoms with E-state index in [-0.39, 0.29) is 12.0 Å². The second-order valence-corrected chi connectivity index (χ2v) is 5.70. The van der Waals surface area contributed by atoms with E-state index in [1.165, 1.54) is 6.08 Å². The molecular weight excluding hydrogens is 306 g/mol. The number of benzene rings is 1. The Morgan fingerprint density at radius 3 is 2.92 bits per heavy atom. The second-order valence-electron chi connectivity index (χ2n) is 5.70. The number of nitrogens with one attached hydrogen (secondary N) is 1. The van der Waals surface area contributed by atoms with Gasteiger partial charge in [-0.2, -0.15) is 0 Å². The van der Waals surface area contributed by atoms with Gasteiger partial charge in [-0.1, -0.05) is 13.0 Å². The first-order valence-electron chi connectivity index (χ1n) is 8.70. The summed E-state index contributed by atoms with van der Waals surface area (Å²) in [5.41, 5.74) is 0.898. The molecule has 1 unspecified atom stereocenters. The maximum atomic E-state index is 11.9. The molecule has 5 nitrogen and oxygen atoms in total. The predicted molar refractivity (Wildman–Crippen MR) is 94.4 cm³/mol. The zero-order valence-electron chi connectivity index (χ0n) is 14.5. The number of hydrogen-bond acceptors (Lipinski definition) is 4. The van der Waals surface area contributed by atoms with E-state index in [9.17, 15) is 4.79 Å². The van der Waals surface area contributed by atoms with Crippen LogP contribution in [0.1, 0.15) is 38.7 Å². The molecule has 1 aliphatic heterocycles. The van der Waals surface area contributed by atoms with Gasteiger partial charge in [0, 0.05) is 19.2 Å². The minimum Gasteiger partial charge on any atom is -0.490 e. The van der Waals surface area contributed by atoms with Gasteiger partial charge in [0.2, 0.25) is 5.91 Å². The summed E-state index contributed by atoms with van der Waals surface area (Å²) in [6.45, 7) is 6.58. The van der Waals surface area contributed by atoms with Gasteiger partial charge in [-0.05, 0) is 50.0 Å². The lowest BCUT2D eigenvalue weighted by Gasteiger charge is -2.12. The molecule has 1 heterocycles. The fourth-order valence-electron chi connectivity index (χ4n) is 2.48. The zero-order valence-corrected chi connectivity index (χ0v) is 14.5. The third-order valence-electron chi connectivity index (χ3n) is 3.68. The minimum atomic E-state index is -0.116. The van der Waals surface area contributed by atoms with Gasteiger partial charge >= 0.3 is 0 Å². The Morgan fingerprint density at radius 2 is 2.21 bits per heavy atom. The molecule has 1 amide bonds. The van der Waals surface area contributed by atoms with E-state index in [0.717, 1.165) is 37.2 Å². The Labute approximate surface area is 144 Å². The summed E-state index contributed by atoms with van der Waals surface area (Å²) in [5.74, 6) is 1.32. The SMILES string of the molecule is CCCOc1ccc(C=CC(=O)NCC2CCCO2)cc1OCC. The van der Waals surface area contributed by atoms with Crippen LogP contribution in [0.15, 0.2) is 24.3 Å². The standard InChI is InChI=1S/C19H27NO4/c1-3-11-24-17-9-7-15(13-18(17)22-4-2)8-10-19(21)20-14-16-6-5-12-23-16/h7-10,13,16H,3-6,11-12,14H2,1-2H3,(H,20,21). The molecule has 1 aromatic rings. The van der Waals surface area contributed by atoms with Crippen molar-refractivity contribution in [3.05, 3.63) is 29.8 Å². The number of hydrogen-bond donors (Lipinski definition) is 1. The van der Waals surface area contributed by atoms with E-state index in [2.05, 4.69) is 12.2 Å². The highest BCUT2D eigenvalue weighted by atomic mass is 16.5. The maximum Gasteiger partial charge on any atom is 0.244 e. The Morgan fingerprint density at radius 1 is 1.33 bits per heavy atom. The third kappa shape index (κ3) is 5.89. The lowest BCUT2D eigenvalue weighted by atomic mass is 10.2. The van der Waals surface area contributed by atoms with E-state index >= 15 is 0 Å². The second kappa shape index (κ2) is 9.98. The molecule has 1 saturated heterocycles. The van der Waals surface area contributed by atoms with E-state index in [0.29, 0.717) is 25.5 Å². The molecule has 24 heavy (non-hydrogen) atoms. The normalized spacial score (nSPS) is 17.2. The number of amides is 1. The van der Waals surface area contributed by atoms with Crippen molar-refractivity contribution >= 4 is 12.0 Å². The number of carbonyl (C=O) groups is 1. The molecule has 2 rings (SSSR count). The van der Waals surface area contributed by atoms with Crippen LogP contribution in [0.4, 0.5) is 0 Å². The Balaban J connectivity index is 1.92. The van der Waals surface area contributed by atoms with Crippen LogP contribution in [0, 0.1) is 0 Å². The Bertz CT molecular complexity index is 550. The van der Waals surface area contributed by atoms with Crippen LogP contribution >= 0.6 is 0 Å². The van der Waals surface area contributed by atoms with Crippen LogP contribution in [0.2, 0.25) is 0 Å². The average Bonchev–Trinajstić information content (AvgIpc) is 3.11. The number of carbonyl (C=O) groups excluding carboxylic acids is 1. The van der Waals surface area contributed by atoms with Gasteiger partial charge in [-0.3, -0.25) is 4.79 Å². The molecule has 132 valence electrons. The molecule has 5 heteroatoms. The summed E-state index contributed by atoms with van der Waals surface area (Å²) in [4.78, 5) is 11.9. The summed E-state index contributed by atoms with van der Waals surface area (Å²) in [6.07, 6.45) is 6.49. The molecule has 1 fully saturated rings. The van der Waals surface area contributed by atoms with Crippen LogP contribution < -0.4 is 14.8 Å². The smallest absolute Gasteiger partial charge is 0.244 e. The highest BCUT2D eigenvalue weighted by molar-refractivity contribution is 5.91. The monoisotopic (exact) mass is 333 g/mol. The van der Waals surface area contributed by atoms with Crippen molar-refractivity contribution in [3.8, 4) is 11.5 Å². The van der Waals surface area contributed by atoms with Gasteiger partial charge in [-0.15, -0.1) is 0 Å². The summed E-state index contributed by atoms with van der Waals surface area (Å²) in [6, 6.07) is 5.68. The van der Waals surface area contributed by atoms with Gasteiger partial charge in [-0.25, -0.2) is 0 Å². The van der Waals surface area contributed by atoms with Crippen molar-refractivity contribution in [3.63, 3.8) is 0 Å². The van der Waals surface area contributed by atoms with Crippen LogP contribution in [-0.4, -0.2) is 38.4 Å². The van der Waals surface area contributed by atoms with Gasteiger partial charge < -0.3 is 19.5 Å². The van der Waals surface area contributed by atoms with E-state index in [1.54, 1.807) is 6.08 Å². The highest BCUT2D eigenvalue weighted by Gasteiger charge is 2.15. The largest absolute Gasteiger partial charge is 0.490 e. The van der Waals surface area contributed by atoms with Gasteiger partial charge in [0.25, 0.3) is 0 Å². The van der Waals surface area contributed by atoms with Crippen molar-refractivity contribution in [2.75, 3.05) is 26.4 Å². The van der Waals surface area contributed by atoms with Gasteiger partial charge in [0.05, 0.1) is 19.3 Å². The lowest BCUT2D eigenvalue weighted by Crippen LogP contribution is -2.30. The van der Waals surface area contributed by atoms with Crippen LogP contribution in [0.5, 0.6) is 11.5 Å². The summed E-state index contributed by atoms with van der Waals surface area (Å²) >= 11 is 0. The zero-order chi connectivity index (χ0) is 17.2. The van der Waals surface area contributed by atoms with Gasteiger partial charge in [0.15, 0.2) is 11.5 Å². The molecule has 0 aromatic heterocycles. The summed E-state index contributed by atoms with van der Waals surface area (Å²) in [5, 5.41) is 2.87. The molecule has 1 aliphatic rings. The first kappa shape index (κ1) is 18.3. The van der Waals surface area contributed by atoms with E-state index < -0.39 is 0 Å².